The molecule has 0 saturated heterocycles. The number of rotatable bonds is 4. The van der Waals surface area contributed by atoms with Gasteiger partial charge in [0.2, 0.25) is 0 Å². The molecule has 0 spiro atoms. The first-order chi connectivity index (χ1) is 5.05. The predicted molar refractivity (Wildman–Crippen MR) is 46.4 cm³/mol. The zero-order valence-corrected chi connectivity index (χ0v) is 7.63. The molecule has 2 unspecified atom stereocenters. The minimum absolute atomic E-state index is 0.331. The molecule has 1 fully saturated rings. The topological polar surface area (TPSA) is 29.4 Å². The fourth-order valence-electron chi connectivity index (χ4n) is 1.39. The summed E-state index contributed by atoms with van der Waals surface area (Å²) in [5.41, 5.74) is -0.331. The van der Waals surface area contributed by atoms with Crippen LogP contribution in [0.3, 0.4) is 0 Å². The lowest BCUT2D eigenvalue weighted by Crippen LogP contribution is -2.15. The molecular weight excluding hydrogens is 138 g/mol. The highest BCUT2D eigenvalue weighted by Crippen LogP contribution is 2.42. The number of hydrogen-bond donors (Lipinski definition) is 0. The molecule has 0 aliphatic heterocycles. The van der Waals surface area contributed by atoms with E-state index in [1.807, 2.05) is 13.8 Å². The SMILES string of the molecule is CC1CC1CCC(C)(C)N=O. The van der Waals surface area contributed by atoms with Gasteiger partial charge < -0.3 is 0 Å². The second kappa shape index (κ2) is 2.92. The molecule has 1 aliphatic rings. The highest BCUT2D eigenvalue weighted by atomic mass is 16.3. The van der Waals surface area contributed by atoms with Crippen LogP contribution >= 0.6 is 0 Å². The third-order valence-corrected chi connectivity index (χ3v) is 2.65. The Bertz CT molecular complexity index is 154. The molecule has 0 amide bonds. The molecule has 0 aromatic rings. The summed E-state index contributed by atoms with van der Waals surface area (Å²) in [6.45, 7) is 6.09. The zero-order chi connectivity index (χ0) is 8.48. The van der Waals surface area contributed by atoms with E-state index in [-0.39, 0.29) is 5.54 Å². The van der Waals surface area contributed by atoms with Crippen LogP contribution in [0, 0.1) is 16.7 Å². The number of nitrogens with zero attached hydrogens (tertiary/aromatic N) is 1. The molecule has 0 heterocycles. The first-order valence-electron chi connectivity index (χ1n) is 4.40. The second-order valence-corrected chi connectivity index (χ2v) is 4.42. The standard InChI is InChI=1S/C9H17NO/c1-7-6-8(7)4-5-9(2,3)10-11/h7-8H,4-6H2,1-3H3. The highest BCUT2D eigenvalue weighted by Gasteiger charge is 2.33. The Morgan fingerprint density at radius 1 is 1.55 bits per heavy atom. The second-order valence-electron chi connectivity index (χ2n) is 4.42. The van der Waals surface area contributed by atoms with Crippen LogP contribution in [-0.4, -0.2) is 5.54 Å². The monoisotopic (exact) mass is 155 g/mol. The highest BCUT2D eigenvalue weighted by molar-refractivity contribution is 4.86. The third kappa shape index (κ3) is 2.60. The molecule has 11 heavy (non-hydrogen) atoms. The smallest absolute Gasteiger partial charge is 0.0970 e. The normalized spacial score (nSPS) is 30.1. The molecule has 2 heteroatoms. The van der Waals surface area contributed by atoms with Gasteiger partial charge in [-0.1, -0.05) is 12.1 Å². The van der Waals surface area contributed by atoms with Crippen LogP contribution in [0.1, 0.15) is 40.0 Å². The lowest BCUT2D eigenvalue weighted by Gasteiger charge is -2.13. The van der Waals surface area contributed by atoms with Crippen LogP contribution in [0.15, 0.2) is 5.18 Å². The first-order valence-corrected chi connectivity index (χ1v) is 4.40. The predicted octanol–water partition coefficient (Wildman–Crippen LogP) is 2.97. The summed E-state index contributed by atoms with van der Waals surface area (Å²) < 4.78 is 0. The molecule has 1 aliphatic carbocycles. The van der Waals surface area contributed by atoms with E-state index in [2.05, 4.69) is 12.1 Å². The third-order valence-electron chi connectivity index (χ3n) is 2.65. The average molecular weight is 155 g/mol. The largest absolute Gasteiger partial charge is 0.150 e. The van der Waals surface area contributed by atoms with Crippen molar-refractivity contribution in [1.82, 2.24) is 0 Å². The van der Waals surface area contributed by atoms with E-state index in [0.717, 1.165) is 18.3 Å². The molecule has 64 valence electrons. The van der Waals surface area contributed by atoms with Crippen LogP contribution in [-0.2, 0) is 0 Å². The summed E-state index contributed by atoms with van der Waals surface area (Å²) in [5.74, 6) is 1.79. The van der Waals surface area contributed by atoms with Crippen molar-refractivity contribution in [2.45, 2.75) is 45.6 Å². The Morgan fingerprint density at radius 3 is 2.45 bits per heavy atom. The van der Waals surface area contributed by atoms with Gasteiger partial charge in [-0.15, -0.1) is 0 Å². The molecule has 2 atom stereocenters. The van der Waals surface area contributed by atoms with Gasteiger partial charge in [0.25, 0.3) is 0 Å². The average Bonchev–Trinajstić information content (AvgIpc) is 2.63. The van der Waals surface area contributed by atoms with Gasteiger partial charge in [-0.2, -0.15) is 4.91 Å². The lowest BCUT2D eigenvalue weighted by atomic mass is 9.98. The number of hydrogen-bond acceptors (Lipinski definition) is 2. The number of nitroso groups, excluding NO2 is 1. The van der Waals surface area contributed by atoms with E-state index in [1.165, 1.54) is 12.8 Å². The minimum atomic E-state index is -0.331. The maximum absolute atomic E-state index is 10.3. The molecule has 2 nitrogen and oxygen atoms in total. The van der Waals surface area contributed by atoms with Gasteiger partial charge >= 0.3 is 0 Å². The van der Waals surface area contributed by atoms with E-state index in [4.69, 9.17) is 0 Å². The quantitative estimate of drug-likeness (QED) is 0.574. The van der Waals surface area contributed by atoms with E-state index in [0.29, 0.717) is 0 Å². The zero-order valence-electron chi connectivity index (χ0n) is 7.63. The molecule has 0 radical (unpaired) electrons. The van der Waals surface area contributed by atoms with Crippen molar-refractivity contribution >= 4 is 0 Å². The van der Waals surface area contributed by atoms with Gasteiger partial charge in [-0.05, 0) is 44.9 Å². The maximum Gasteiger partial charge on any atom is 0.0970 e. The summed E-state index contributed by atoms with van der Waals surface area (Å²) in [6.07, 6.45) is 3.49. The molecule has 0 N–H and O–H groups in total. The lowest BCUT2D eigenvalue weighted by molar-refractivity contribution is 0.436. The summed E-state index contributed by atoms with van der Waals surface area (Å²) in [7, 11) is 0. The molecular formula is C9H17NO. The van der Waals surface area contributed by atoms with Gasteiger partial charge in [0, 0.05) is 0 Å². The minimum Gasteiger partial charge on any atom is -0.150 e. The Hall–Kier alpha value is -0.400. The van der Waals surface area contributed by atoms with E-state index >= 15 is 0 Å². The van der Waals surface area contributed by atoms with Gasteiger partial charge in [0.15, 0.2) is 0 Å². The van der Waals surface area contributed by atoms with Crippen molar-refractivity contribution in [2.75, 3.05) is 0 Å². The van der Waals surface area contributed by atoms with Gasteiger partial charge in [-0.3, -0.25) is 0 Å². The Morgan fingerprint density at radius 2 is 2.09 bits per heavy atom. The molecule has 0 bridgehead atoms. The summed E-state index contributed by atoms with van der Waals surface area (Å²) in [6, 6.07) is 0. The first kappa shape index (κ1) is 8.69. The van der Waals surface area contributed by atoms with Crippen LogP contribution in [0.2, 0.25) is 0 Å². The summed E-state index contributed by atoms with van der Waals surface area (Å²) >= 11 is 0. The van der Waals surface area contributed by atoms with Gasteiger partial charge in [0.1, 0.15) is 0 Å². The fraction of sp³-hybridized carbons (Fsp3) is 1.00. The summed E-state index contributed by atoms with van der Waals surface area (Å²) in [4.78, 5) is 10.3. The van der Waals surface area contributed by atoms with Crippen molar-refractivity contribution in [1.29, 1.82) is 0 Å². The molecule has 1 saturated carbocycles. The van der Waals surface area contributed by atoms with Crippen LogP contribution in [0.25, 0.3) is 0 Å². The summed E-state index contributed by atoms with van der Waals surface area (Å²) in [5, 5.41) is 3.10. The van der Waals surface area contributed by atoms with E-state index in [9.17, 15) is 4.91 Å². The Labute approximate surface area is 68.3 Å². The molecule has 0 aromatic heterocycles. The molecule has 0 aromatic carbocycles. The van der Waals surface area contributed by atoms with Crippen LogP contribution < -0.4 is 0 Å². The van der Waals surface area contributed by atoms with Crippen molar-refractivity contribution in [3.63, 3.8) is 0 Å². The molecule has 1 rings (SSSR count). The fourth-order valence-corrected chi connectivity index (χ4v) is 1.39. The Balaban J connectivity index is 2.16. The Kier molecular flexibility index (Phi) is 2.31. The van der Waals surface area contributed by atoms with Crippen molar-refractivity contribution in [3.05, 3.63) is 4.91 Å². The van der Waals surface area contributed by atoms with Gasteiger partial charge in [-0.25, -0.2) is 0 Å². The van der Waals surface area contributed by atoms with Crippen molar-refractivity contribution in [2.24, 2.45) is 17.0 Å². The van der Waals surface area contributed by atoms with Gasteiger partial charge in [0.05, 0.1) is 5.54 Å². The van der Waals surface area contributed by atoms with E-state index in [1.54, 1.807) is 0 Å². The van der Waals surface area contributed by atoms with Crippen molar-refractivity contribution in [3.8, 4) is 0 Å². The van der Waals surface area contributed by atoms with Crippen LogP contribution in [0.5, 0.6) is 0 Å². The maximum atomic E-state index is 10.3. The van der Waals surface area contributed by atoms with Crippen LogP contribution in [0.4, 0.5) is 0 Å². The van der Waals surface area contributed by atoms with Crippen molar-refractivity contribution < 1.29 is 0 Å². The van der Waals surface area contributed by atoms with E-state index < -0.39 is 0 Å².